The average Bonchev–Trinajstić information content (AvgIpc) is 2.94. The second-order valence-corrected chi connectivity index (χ2v) is 5.39. The van der Waals surface area contributed by atoms with E-state index in [-0.39, 0.29) is 5.91 Å². The van der Waals surface area contributed by atoms with Crippen LogP contribution in [-0.4, -0.2) is 47.8 Å². The number of H-pyrrole nitrogens is 1. The van der Waals surface area contributed by atoms with Crippen molar-refractivity contribution in [1.82, 2.24) is 15.1 Å². The summed E-state index contributed by atoms with van der Waals surface area (Å²) in [5.74, 6) is 0.552. The SMILES string of the molecule is COCC1CCCN(C(=O)c2ccc3cn[nH]c3c2)C1. The molecule has 0 spiro atoms. The molecule has 1 aliphatic rings. The number of benzene rings is 1. The first-order chi connectivity index (χ1) is 9.78. The van der Waals surface area contributed by atoms with Crippen molar-refractivity contribution in [2.45, 2.75) is 12.8 Å². The number of amides is 1. The van der Waals surface area contributed by atoms with Crippen molar-refractivity contribution in [2.24, 2.45) is 5.92 Å². The average molecular weight is 273 g/mol. The molecule has 0 radical (unpaired) electrons. The minimum absolute atomic E-state index is 0.0994. The summed E-state index contributed by atoms with van der Waals surface area (Å²) in [5, 5.41) is 7.92. The van der Waals surface area contributed by atoms with E-state index >= 15 is 0 Å². The zero-order chi connectivity index (χ0) is 13.9. The summed E-state index contributed by atoms with van der Waals surface area (Å²) in [6.45, 7) is 2.34. The van der Waals surface area contributed by atoms with Crippen LogP contribution in [-0.2, 0) is 4.74 Å². The number of nitrogens with zero attached hydrogens (tertiary/aromatic N) is 2. The van der Waals surface area contributed by atoms with E-state index in [1.807, 2.05) is 23.1 Å². The van der Waals surface area contributed by atoms with Crippen molar-refractivity contribution in [1.29, 1.82) is 0 Å². The molecule has 1 atom stereocenters. The lowest BCUT2D eigenvalue weighted by atomic mass is 9.98. The van der Waals surface area contributed by atoms with E-state index in [1.54, 1.807) is 13.3 Å². The van der Waals surface area contributed by atoms with E-state index in [2.05, 4.69) is 10.2 Å². The van der Waals surface area contributed by atoms with Gasteiger partial charge in [0.15, 0.2) is 0 Å². The van der Waals surface area contributed by atoms with Crippen molar-refractivity contribution in [2.75, 3.05) is 26.8 Å². The lowest BCUT2D eigenvalue weighted by molar-refractivity contribution is 0.0571. The zero-order valence-electron chi connectivity index (χ0n) is 11.6. The van der Waals surface area contributed by atoms with Crippen molar-refractivity contribution in [3.05, 3.63) is 30.0 Å². The smallest absolute Gasteiger partial charge is 0.253 e. The third-order valence-electron chi connectivity index (χ3n) is 3.90. The van der Waals surface area contributed by atoms with E-state index in [4.69, 9.17) is 4.74 Å². The fourth-order valence-electron chi connectivity index (χ4n) is 2.87. The summed E-state index contributed by atoms with van der Waals surface area (Å²) in [6.07, 6.45) is 3.95. The Bertz CT molecular complexity index is 606. The molecule has 1 N–H and O–H groups in total. The Morgan fingerprint density at radius 3 is 3.30 bits per heavy atom. The Labute approximate surface area is 117 Å². The summed E-state index contributed by atoms with van der Waals surface area (Å²) in [4.78, 5) is 14.5. The molecule has 2 aromatic rings. The van der Waals surface area contributed by atoms with Gasteiger partial charge < -0.3 is 9.64 Å². The van der Waals surface area contributed by atoms with Gasteiger partial charge in [-0.05, 0) is 30.9 Å². The quantitative estimate of drug-likeness (QED) is 0.931. The number of ether oxygens (including phenoxy) is 1. The molecule has 3 rings (SSSR count). The van der Waals surface area contributed by atoms with E-state index < -0.39 is 0 Å². The van der Waals surface area contributed by atoms with Gasteiger partial charge in [0, 0.05) is 31.1 Å². The number of hydrogen-bond acceptors (Lipinski definition) is 3. The van der Waals surface area contributed by atoms with Gasteiger partial charge in [0.05, 0.1) is 18.3 Å². The van der Waals surface area contributed by atoms with Gasteiger partial charge in [-0.1, -0.05) is 6.07 Å². The summed E-state index contributed by atoms with van der Waals surface area (Å²) in [6, 6.07) is 5.69. The highest BCUT2D eigenvalue weighted by Crippen LogP contribution is 2.20. The Kier molecular flexibility index (Phi) is 3.69. The summed E-state index contributed by atoms with van der Waals surface area (Å²) in [5.41, 5.74) is 1.63. The van der Waals surface area contributed by atoms with Gasteiger partial charge in [0.25, 0.3) is 5.91 Å². The molecule has 1 aromatic carbocycles. The molecule has 5 heteroatoms. The first kappa shape index (κ1) is 13.1. The van der Waals surface area contributed by atoms with Gasteiger partial charge in [-0.25, -0.2) is 0 Å². The normalized spacial score (nSPS) is 19.4. The number of likely N-dealkylation sites (tertiary alicyclic amines) is 1. The highest BCUT2D eigenvalue weighted by molar-refractivity contribution is 5.97. The maximum absolute atomic E-state index is 12.6. The van der Waals surface area contributed by atoms with Crippen molar-refractivity contribution >= 4 is 16.8 Å². The van der Waals surface area contributed by atoms with Crippen LogP contribution >= 0.6 is 0 Å². The highest BCUT2D eigenvalue weighted by atomic mass is 16.5. The van der Waals surface area contributed by atoms with Crippen LogP contribution in [0.2, 0.25) is 0 Å². The third-order valence-corrected chi connectivity index (χ3v) is 3.90. The number of aromatic amines is 1. The molecule has 1 amide bonds. The standard InChI is InChI=1S/C15H19N3O2/c1-20-10-11-3-2-6-18(9-11)15(19)12-4-5-13-8-16-17-14(13)7-12/h4-5,7-8,11H,2-3,6,9-10H2,1H3,(H,16,17). The number of aromatic nitrogens is 2. The summed E-state index contributed by atoms with van der Waals surface area (Å²) >= 11 is 0. The number of piperidine rings is 1. The molecule has 106 valence electrons. The molecule has 0 aliphatic carbocycles. The number of carbonyl (C=O) groups excluding carboxylic acids is 1. The van der Waals surface area contributed by atoms with Gasteiger partial charge in [-0.2, -0.15) is 5.10 Å². The molecule has 2 heterocycles. The largest absolute Gasteiger partial charge is 0.384 e. The molecule has 1 aliphatic heterocycles. The van der Waals surface area contributed by atoms with Crippen LogP contribution in [0.15, 0.2) is 24.4 Å². The molecule has 1 saturated heterocycles. The third kappa shape index (κ3) is 2.54. The maximum atomic E-state index is 12.6. The predicted octanol–water partition coefficient (Wildman–Crippen LogP) is 2.06. The molecule has 1 aromatic heterocycles. The summed E-state index contributed by atoms with van der Waals surface area (Å²) in [7, 11) is 1.72. The maximum Gasteiger partial charge on any atom is 0.253 e. The van der Waals surface area contributed by atoms with Gasteiger partial charge >= 0.3 is 0 Å². The van der Waals surface area contributed by atoms with Gasteiger partial charge in [0.1, 0.15) is 0 Å². The minimum Gasteiger partial charge on any atom is -0.384 e. The molecule has 0 saturated carbocycles. The molecule has 0 bridgehead atoms. The number of carbonyl (C=O) groups is 1. The van der Waals surface area contributed by atoms with Crippen LogP contribution in [0.3, 0.4) is 0 Å². The topological polar surface area (TPSA) is 58.2 Å². The van der Waals surface area contributed by atoms with Crippen LogP contribution in [0.25, 0.3) is 10.9 Å². The Morgan fingerprint density at radius 2 is 2.45 bits per heavy atom. The van der Waals surface area contributed by atoms with Crippen LogP contribution in [0.5, 0.6) is 0 Å². The Morgan fingerprint density at radius 1 is 1.55 bits per heavy atom. The molecule has 20 heavy (non-hydrogen) atoms. The van der Waals surface area contributed by atoms with Crippen LogP contribution < -0.4 is 0 Å². The number of fused-ring (bicyclic) bond motifs is 1. The van der Waals surface area contributed by atoms with Crippen LogP contribution in [0.1, 0.15) is 23.2 Å². The Hall–Kier alpha value is -1.88. The fourth-order valence-corrected chi connectivity index (χ4v) is 2.87. The molecule has 1 fully saturated rings. The van der Waals surface area contributed by atoms with Gasteiger partial charge in [0.2, 0.25) is 0 Å². The van der Waals surface area contributed by atoms with Crippen molar-refractivity contribution < 1.29 is 9.53 Å². The zero-order valence-corrected chi connectivity index (χ0v) is 11.6. The number of hydrogen-bond donors (Lipinski definition) is 1. The number of nitrogens with one attached hydrogen (secondary N) is 1. The van der Waals surface area contributed by atoms with E-state index in [1.165, 1.54) is 0 Å². The van der Waals surface area contributed by atoms with Crippen LogP contribution in [0.4, 0.5) is 0 Å². The lowest BCUT2D eigenvalue weighted by Gasteiger charge is -2.32. The van der Waals surface area contributed by atoms with Crippen LogP contribution in [0, 0.1) is 5.92 Å². The second-order valence-electron chi connectivity index (χ2n) is 5.39. The first-order valence-corrected chi connectivity index (χ1v) is 6.99. The van der Waals surface area contributed by atoms with Crippen molar-refractivity contribution in [3.8, 4) is 0 Å². The van der Waals surface area contributed by atoms with Crippen molar-refractivity contribution in [3.63, 3.8) is 0 Å². The predicted molar refractivity (Wildman–Crippen MR) is 76.6 cm³/mol. The second kappa shape index (κ2) is 5.63. The highest BCUT2D eigenvalue weighted by Gasteiger charge is 2.24. The molecule has 5 nitrogen and oxygen atoms in total. The van der Waals surface area contributed by atoms with E-state index in [0.717, 1.165) is 49.0 Å². The summed E-state index contributed by atoms with van der Waals surface area (Å²) < 4.78 is 5.21. The van der Waals surface area contributed by atoms with Gasteiger partial charge in [-0.15, -0.1) is 0 Å². The fraction of sp³-hybridized carbons (Fsp3) is 0.467. The lowest BCUT2D eigenvalue weighted by Crippen LogP contribution is -2.41. The van der Waals surface area contributed by atoms with E-state index in [9.17, 15) is 4.79 Å². The molecular weight excluding hydrogens is 254 g/mol. The number of rotatable bonds is 3. The monoisotopic (exact) mass is 273 g/mol. The van der Waals surface area contributed by atoms with Gasteiger partial charge in [-0.3, -0.25) is 9.89 Å². The minimum atomic E-state index is 0.0994. The number of methoxy groups -OCH3 is 1. The molecular formula is C15H19N3O2. The Balaban J connectivity index is 1.77. The van der Waals surface area contributed by atoms with E-state index in [0.29, 0.717) is 5.92 Å². The first-order valence-electron chi connectivity index (χ1n) is 6.99. The molecule has 1 unspecified atom stereocenters.